The standard InChI is InChI=1S/C29H35FN6O4/c1-33-16-22(15-32-33)24-14-26(37)35(20-31-24)19-29(39)10-11-34(18-28(29)8-2-3-9-28)27(38)36-12-13-40-17-25(36)21-4-6-23(30)7-5-21/h4-7,14-16,20,25,39H,2-3,8-13,17-19H2,1H3/t25-,29+/m0/s1. The van der Waals surface area contributed by atoms with E-state index in [1.807, 2.05) is 9.80 Å². The first-order chi connectivity index (χ1) is 19.3. The van der Waals surface area contributed by atoms with Gasteiger partial charge in [0.1, 0.15) is 5.82 Å². The predicted molar refractivity (Wildman–Crippen MR) is 145 cm³/mol. The van der Waals surface area contributed by atoms with Crippen molar-refractivity contribution in [2.75, 3.05) is 32.8 Å². The molecule has 4 heterocycles. The Morgan fingerprint density at radius 3 is 2.65 bits per heavy atom. The number of amides is 2. The van der Waals surface area contributed by atoms with Crippen molar-refractivity contribution >= 4 is 6.03 Å². The zero-order valence-electron chi connectivity index (χ0n) is 22.7. The first-order valence-corrected chi connectivity index (χ1v) is 13.9. The lowest BCUT2D eigenvalue weighted by atomic mass is 9.66. The highest BCUT2D eigenvalue weighted by molar-refractivity contribution is 5.75. The van der Waals surface area contributed by atoms with E-state index >= 15 is 0 Å². The van der Waals surface area contributed by atoms with E-state index in [-0.39, 0.29) is 30.0 Å². The average Bonchev–Trinajstić information content (AvgIpc) is 3.62. The van der Waals surface area contributed by atoms with Crippen molar-refractivity contribution in [2.24, 2.45) is 12.5 Å². The van der Waals surface area contributed by atoms with Gasteiger partial charge in [0, 0.05) is 49.9 Å². The molecule has 1 aromatic carbocycles. The van der Waals surface area contributed by atoms with Crippen molar-refractivity contribution in [3.63, 3.8) is 0 Å². The van der Waals surface area contributed by atoms with Gasteiger partial charge in [-0.15, -0.1) is 0 Å². The smallest absolute Gasteiger partial charge is 0.320 e. The Hall–Kier alpha value is -3.57. The lowest BCUT2D eigenvalue weighted by Crippen LogP contribution is -2.64. The fraction of sp³-hybridized carbons (Fsp3) is 0.517. The van der Waals surface area contributed by atoms with Crippen LogP contribution in [-0.2, 0) is 18.3 Å². The van der Waals surface area contributed by atoms with Crippen LogP contribution in [-0.4, -0.2) is 78.7 Å². The molecule has 10 nitrogen and oxygen atoms in total. The molecule has 1 saturated carbocycles. The molecule has 0 unspecified atom stereocenters. The fourth-order valence-electron chi connectivity index (χ4n) is 6.78. The zero-order valence-corrected chi connectivity index (χ0v) is 22.7. The van der Waals surface area contributed by atoms with Crippen molar-refractivity contribution in [2.45, 2.75) is 50.3 Å². The number of morpholine rings is 1. The molecular formula is C29H35FN6O4. The maximum absolute atomic E-state index is 13.9. The molecule has 1 N–H and O–H groups in total. The van der Waals surface area contributed by atoms with Crippen molar-refractivity contribution in [1.82, 2.24) is 29.1 Å². The van der Waals surface area contributed by atoms with Crippen LogP contribution >= 0.6 is 0 Å². The SMILES string of the molecule is Cn1cc(-c2cc(=O)n(C[C@]3(O)CCN(C(=O)N4CCOC[C@H]4c4ccc(F)cc4)CC34CCCC4)cn2)cn1. The number of benzene rings is 1. The Morgan fingerprint density at radius 2 is 1.95 bits per heavy atom. The van der Waals surface area contributed by atoms with Crippen molar-refractivity contribution in [3.8, 4) is 11.3 Å². The number of rotatable bonds is 4. The quantitative estimate of drug-likeness (QED) is 0.536. The van der Waals surface area contributed by atoms with Gasteiger partial charge >= 0.3 is 6.03 Å². The first kappa shape index (κ1) is 26.6. The molecule has 1 aliphatic carbocycles. The van der Waals surface area contributed by atoms with Gasteiger partial charge < -0.3 is 19.6 Å². The van der Waals surface area contributed by atoms with Gasteiger partial charge in [-0.1, -0.05) is 25.0 Å². The summed E-state index contributed by atoms with van der Waals surface area (Å²) in [5.41, 5.74) is 0.234. The molecular weight excluding hydrogens is 515 g/mol. The Bertz CT molecular complexity index is 1430. The van der Waals surface area contributed by atoms with E-state index in [1.165, 1.54) is 29.1 Å². The second-order valence-corrected chi connectivity index (χ2v) is 11.5. The summed E-state index contributed by atoms with van der Waals surface area (Å²) in [7, 11) is 1.81. The normalized spacial score (nSPS) is 24.5. The van der Waals surface area contributed by atoms with Gasteiger partial charge in [-0.05, 0) is 37.0 Å². The van der Waals surface area contributed by atoms with Gasteiger partial charge in [0.25, 0.3) is 5.56 Å². The largest absolute Gasteiger partial charge is 0.387 e. The summed E-state index contributed by atoms with van der Waals surface area (Å²) in [6, 6.07) is 7.30. The van der Waals surface area contributed by atoms with Crippen LogP contribution in [0.2, 0.25) is 0 Å². The minimum absolute atomic E-state index is 0.0920. The van der Waals surface area contributed by atoms with Crippen LogP contribution in [0.15, 0.2) is 53.8 Å². The molecule has 0 bridgehead atoms. The zero-order chi connectivity index (χ0) is 27.9. The van der Waals surface area contributed by atoms with Crippen LogP contribution in [0.3, 0.4) is 0 Å². The predicted octanol–water partition coefficient (Wildman–Crippen LogP) is 2.97. The monoisotopic (exact) mass is 550 g/mol. The van der Waals surface area contributed by atoms with E-state index in [0.717, 1.165) is 36.8 Å². The lowest BCUT2D eigenvalue weighted by Gasteiger charge is -2.53. The second-order valence-electron chi connectivity index (χ2n) is 11.5. The van der Waals surface area contributed by atoms with Crippen LogP contribution in [0.1, 0.15) is 43.7 Å². The van der Waals surface area contributed by atoms with Crippen molar-refractivity contribution < 1.29 is 19.0 Å². The maximum Gasteiger partial charge on any atom is 0.320 e. The third kappa shape index (κ3) is 4.81. The molecule has 1 spiro atoms. The number of piperidine rings is 1. The van der Waals surface area contributed by atoms with Gasteiger partial charge in [0.2, 0.25) is 0 Å². The topological polar surface area (TPSA) is 106 Å². The summed E-state index contributed by atoms with van der Waals surface area (Å²) in [6.45, 7) is 2.16. The number of halogens is 1. The molecule has 3 fully saturated rings. The van der Waals surface area contributed by atoms with Gasteiger partial charge in [0.15, 0.2) is 0 Å². The average molecular weight is 551 g/mol. The minimum atomic E-state index is -1.15. The molecule has 212 valence electrons. The van der Waals surface area contributed by atoms with E-state index in [4.69, 9.17) is 4.74 Å². The Kier molecular flexibility index (Phi) is 6.95. The van der Waals surface area contributed by atoms with E-state index in [9.17, 15) is 19.1 Å². The Balaban J connectivity index is 1.22. The number of aliphatic hydroxyl groups is 1. The van der Waals surface area contributed by atoms with Crippen molar-refractivity contribution in [1.29, 1.82) is 0 Å². The number of urea groups is 1. The highest BCUT2D eigenvalue weighted by Gasteiger charge is 2.56. The number of aryl methyl sites for hydroxylation is 1. The van der Waals surface area contributed by atoms with Crippen LogP contribution in [0.5, 0.6) is 0 Å². The summed E-state index contributed by atoms with van der Waals surface area (Å²) in [6.07, 6.45) is 8.83. The summed E-state index contributed by atoms with van der Waals surface area (Å²) < 4.78 is 22.4. The second kappa shape index (κ2) is 10.4. The molecule has 2 atom stereocenters. The van der Waals surface area contributed by atoms with E-state index in [1.54, 1.807) is 36.3 Å². The Morgan fingerprint density at radius 1 is 1.18 bits per heavy atom. The number of aromatic nitrogens is 4. The van der Waals surface area contributed by atoms with Crippen molar-refractivity contribution in [3.05, 3.63) is 70.8 Å². The van der Waals surface area contributed by atoms with Gasteiger partial charge in [-0.25, -0.2) is 14.2 Å². The third-order valence-electron chi connectivity index (χ3n) is 9.05. The van der Waals surface area contributed by atoms with Crippen LogP contribution < -0.4 is 5.56 Å². The Labute approximate surface area is 232 Å². The molecule has 2 aliphatic heterocycles. The maximum atomic E-state index is 13.9. The number of likely N-dealkylation sites (tertiary alicyclic amines) is 1. The van der Waals surface area contributed by atoms with E-state index in [0.29, 0.717) is 45.0 Å². The number of carbonyl (C=O) groups is 1. The summed E-state index contributed by atoms with van der Waals surface area (Å²) in [5, 5.41) is 16.3. The molecule has 2 amide bonds. The summed E-state index contributed by atoms with van der Waals surface area (Å²) in [4.78, 5) is 35.1. The lowest BCUT2D eigenvalue weighted by molar-refractivity contribution is -0.137. The van der Waals surface area contributed by atoms with E-state index in [2.05, 4.69) is 10.1 Å². The molecule has 6 rings (SSSR count). The highest BCUT2D eigenvalue weighted by atomic mass is 19.1. The molecule has 3 aliphatic rings. The summed E-state index contributed by atoms with van der Waals surface area (Å²) in [5.74, 6) is -0.321. The molecule has 2 aromatic heterocycles. The van der Waals surface area contributed by atoms with Crippen LogP contribution in [0.4, 0.5) is 9.18 Å². The highest BCUT2D eigenvalue weighted by Crippen LogP contribution is 2.51. The van der Waals surface area contributed by atoms with Gasteiger partial charge in [-0.3, -0.25) is 14.0 Å². The molecule has 11 heteroatoms. The summed E-state index contributed by atoms with van der Waals surface area (Å²) >= 11 is 0. The number of hydrogen-bond acceptors (Lipinski definition) is 6. The van der Waals surface area contributed by atoms with E-state index < -0.39 is 11.0 Å². The third-order valence-corrected chi connectivity index (χ3v) is 9.05. The van der Waals surface area contributed by atoms with Crippen LogP contribution in [0.25, 0.3) is 11.3 Å². The fourth-order valence-corrected chi connectivity index (χ4v) is 6.78. The van der Waals surface area contributed by atoms with Crippen LogP contribution in [0, 0.1) is 11.2 Å². The molecule has 0 radical (unpaired) electrons. The number of nitrogens with zero attached hydrogens (tertiary/aromatic N) is 6. The minimum Gasteiger partial charge on any atom is -0.387 e. The number of ether oxygens (including phenoxy) is 1. The van der Waals surface area contributed by atoms with Gasteiger partial charge in [0.05, 0.1) is 49.6 Å². The van der Waals surface area contributed by atoms with Gasteiger partial charge in [-0.2, -0.15) is 5.10 Å². The first-order valence-electron chi connectivity index (χ1n) is 13.9. The molecule has 2 saturated heterocycles. The molecule has 3 aromatic rings. The number of carbonyl (C=O) groups excluding carboxylic acids is 1. The number of hydrogen-bond donors (Lipinski definition) is 1. The molecule has 40 heavy (non-hydrogen) atoms.